The fourth-order valence-corrected chi connectivity index (χ4v) is 4.47. The van der Waals surface area contributed by atoms with Gasteiger partial charge in [0.2, 0.25) is 17.7 Å². The second kappa shape index (κ2) is 9.99. The quantitative estimate of drug-likeness (QED) is 0.299. The summed E-state index contributed by atoms with van der Waals surface area (Å²) in [4.78, 5) is 61.2. The number of aromatic nitrogens is 1. The van der Waals surface area contributed by atoms with Crippen LogP contribution in [-0.2, 0) is 25.7 Å². The van der Waals surface area contributed by atoms with E-state index in [0.29, 0.717) is 35.8 Å². The van der Waals surface area contributed by atoms with Gasteiger partial charge in [-0.3, -0.25) is 28.9 Å². The van der Waals surface area contributed by atoms with E-state index in [-0.39, 0.29) is 48.3 Å². The van der Waals surface area contributed by atoms with Crippen LogP contribution in [0.3, 0.4) is 0 Å². The number of carbonyl (C=O) groups is 4. The van der Waals surface area contributed by atoms with E-state index in [1.807, 2.05) is 24.3 Å². The van der Waals surface area contributed by atoms with Crippen LogP contribution in [0.25, 0.3) is 21.8 Å². The maximum absolute atomic E-state index is 13.1. The van der Waals surface area contributed by atoms with Crippen LogP contribution in [-0.4, -0.2) is 39.5 Å². The SMILES string of the molecule is CC(=O)Nc1ccc2c(c1)c(=O)c1ccccc1n2CCCCCC(=O)CN1C(=O)CCC1=O. The fourth-order valence-electron chi connectivity index (χ4n) is 4.47. The van der Waals surface area contributed by atoms with Crippen molar-refractivity contribution >= 4 is 51.0 Å². The summed E-state index contributed by atoms with van der Waals surface area (Å²) in [5.74, 6) is -0.837. The number of hydrogen-bond acceptors (Lipinski definition) is 5. The number of fused-ring (bicyclic) bond motifs is 2. The van der Waals surface area contributed by atoms with Crippen molar-refractivity contribution in [1.82, 2.24) is 9.47 Å². The molecule has 0 bridgehead atoms. The molecular formula is C26H27N3O5. The number of unbranched alkanes of at least 4 members (excludes halogenated alkanes) is 2. The Balaban J connectivity index is 1.45. The minimum absolute atomic E-state index is 0.0781. The van der Waals surface area contributed by atoms with Crippen molar-refractivity contribution in [3.63, 3.8) is 0 Å². The fraction of sp³-hybridized carbons (Fsp3) is 0.346. The standard InChI is InChI=1S/C26H27N3O5/c1-17(30)27-18-10-11-23-21(15-18)26(34)20-8-4-5-9-22(20)28(23)14-6-2-3-7-19(31)16-29-24(32)12-13-25(29)33/h4-5,8-11,15H,2-3,6-7,12-14,16H2,1H3,(H,27,30). The lowest BCUT2D eigenvalue weighted by molar-refractivity contribution is -0.141. The number of para-hydroxylation sites is 1. The highest BCUT2D eigenvalue weighted by atomic mass is 16.2. The average molecular weight is 462 g/mol. The molecule has 0 aliphatic carbocycles. The maximum Gasteiger partial charge on any atom is 0.230 e. The normalized spacial score (nSPS) is 13.7. The number of aryl methyl sites for hydroxylation is 1. The van der Waals surface area contributed by atoms with Crippen LogP contribution in [0.4, 0.5) is 5.69 Å². The third-order valence-electron chi connectivity index (χ3n) is 6.12. The molecule has 3 aromatic rings. The summed E-state index contributed by atoms with van der Waals surface area (Å²) in [5, 5.41) is 3.89. The van der Waals surface area contributed by atoms with Crippen LogP contribution in [0, 0.1) is 0 Å². The molecule has 3 amide bonds. The lowest BCUT2D eigenvalue weighted by atomic mass is 10.1. The highest BCUT2D eigenvalue weighted by Gasteiger charge is 2.30. The Labute approximate surface area is 196 Å². The Hall–Kier alpha value is -3.81. The molecule has 176 valence electrons. The number of anilines is 1. The predicted molar refractivity (Wildman–Crippen MR) is 129 cm³/mol. The summed E-state index contributed by atoms with van der Waals surface area (Å²) in [6, 6.07) is 12.8. The van der Waals surface area contributed by atoms with Gasteiger partial charge in [0.25, 0.3) is 0 Å². The van der Waals surface area contributed by atoms with Gasteiger partial charge in [-0.15, -0.1) is 0 Å². The Morgan fingerprint density at radius 3 is 2.32 bits per heavy atom. The number of amides is 3. The predicted octanol–water partition coefficient (Wildman–Crippen LogP) is 3.39. The molecule has 1 fully saturated rings. The number of likely N-dealkylation sites (tertiary alicyclic amines) is 1. The zero-order valence-corrected chi connectivity index (χ0v) is 19.1. The van der Waals surface area contributed by atoms with Crippen LogP contribution in [0.1, 0.15) is 45.4 Å². The first-order chi connectivity index (χ1) is 16.3. The number of carbonyl (C=O) groups excluding carboxylic acids is 4. The number of nitrogens with one attached hydrogen (secondary N) is 1. The van der Waals surface area contributed by atoms with Crippen molar-refractivity contribution in [3.05, 3.63) is 52.7 Å². The van der Waals surface area contributed by atoms with E-state index in [1.54, 1.807) is 18.2 Å². The van der Waals surface area contributed by atoms with E-state index in [1.165, 1.54) is 6.92 Å². The van der Waals surface area contributed by atoms with Crippen molar-refractivity contribution in [1.29, 1.82) is 0 Å². The van der Waals surface area contributed by atoms with Gasteiger partial charge in [-0.2, -0.15) is 0 Å². The molecule has 2 heterocycles. The minimum atomic E-state index is -0.267. The van der Waals surface area contributed by atoms with E-state index in [4.69, 9.17) is 0 Å². The van der Waals surface area contributed by atoms with Gasteiger partial charge in [-0.05, 0) is 43.2 Å². The molecule has 1 N–H and O–H groups in total. The van der Waals surface area contributed by atoms with Crippen molar-refractivity contribution in [3.8, 4) is 0 Å². The molecule has 0 atom stereocenters. The smallest absolute Gasteiger partial charge is 0.230 e. The van der Waals surface area contributed by atoms with Crippen LogP contribution in [0.5, 0.6) is 0 Å². The van der Waals surface area contributed by atoms with Crippen LogP contribution in [0.15, 0.2) is 47.3 Å². The van der Waals surface area contributed by atoms with Gasteiger partial charge >= 0.3 is 0 Å². The summed E-state index contributed by atoms with van der Waals surface area (Å²) < 4.78 is 2.10. The van der Waals surface area contributed by atoms with Gasteiger partial charge in [-0.1, -0.05) is 18.6 Å². The van der Waals surface area contributed by atoms with Crippen LogP contribution >= 0.6 is 0 Å². The number of rotatable bonds is 9. The van der Waals surface area contributed by atoms with Crippen LogP contribution < -0.4 is 10.7 Å². The largest absolute Gasteiger partial charge is 0.340 e. The van der Waals surface area contributed by atoms with Gasteiger partial charge in [-0.25, -0.2) is 0 Å². The zero-order valence-electron chi connectivity index (χ0n) is 19.1. The van der Waals surface area contributed by atoms with Gasteiger partial charge in [0.15, 0.2) is 11.2 Å². The summed E-state index contributed by atoms with van der Waals surface area (Å²) in [7, 11) is 0. The average Bonchev–Trinajstić information content (AvgIpc) is 3.12. The second-order valence-corrected chi connectivity index (χ2v) is 8.63. The third-order valence-corrected chi connectivity index (χ3v) is 6.12. The van der Waals surface area contributed by atoms with E-state index < -0.39 is 0 Å². The Kier molecular flexibility index (Phi) is 6.86. The molecule has 2 aromatic carbocycles. The van der Waals surface area contributed by atoms with Gasteiger partial charge in [0.05, 0.1) is 17.6 Å². The van der Waals surface area contributed by atoms with E-state index >= 15 is 0 Å². The molecule has 0 spiro atoms. The summed E-state index contributed by atoms with van der Waals surface area (Å²) in [5.41, 5.74) is 2.13. The van der Waals surface area contributed by atoms with Crippen molar-refractivity contribution in [2.75, 3.05) is 11.9 Å². The van der Waals surface area contributed by atoms with Crippen molar-refractivity contribution in [2.24, 2.45) is 0 Å². The number of pyridine rings is 1. The summed E-state index contributed by atoms with van der Waals surface area (Å²) in [6.07, 6.45) is 2.96. The lowest BCUT2D eigenvalue weighted by Crippen LogP contribution is -2.34. The van der Waals surface area contributed by atoms with Gasteiger partial charge < -0.3 is 9.88 Å². The zero-order chi connectivity index (χ0) is 24.2. The third kappa shape index (κ3) is 4.90. The molecule has 8 heteroatoms. The van der Waals surface area contributed by atoms with E-state index in [2.05, 4.69) is 9.88 Å². The van der Waals surface area contributed by atoms with Gasteiger partial charge in [0, 0.05) is 49.2 Å². The van der Waals surface area contributed by atoms with E-state index in [0.717, 1.165) is 28.8 Å². The molecule has 4 rings (SSSR count). The molecule has 0 saturated carbocycles. The molecule has 1 saturated heterocycles. The molecule has 1 aliphatic rings. The molecule has 0 unspecified atom stereocenters. The first-order valence-corrected chi connectivity index (χ1v) is 11.5. The van der Waals surface area contributed by atoms with Gasteiger partial charge in [0.1, 0.15) is 0 Å². The first kappa shape index (κ1) is 23.4. The first-order valence-electron chi connectivity index (χ1n) is 11.5. The maximum atomic E-state index is 13.1. The molecule has 34 heavy (non-hydrogen) atoms. The molecule has 0 radical (unpaired) electrons. The molecule has 8 nitrogen and oxygen atoms in total. The topological polar surface area (TPSA) is 106 Å². The number of imide groups is 1. The number of hydrogen-bond donors (Lipinski definition) is 1. The molecule has 1 aliphatic heterocycles. The van der Waals surface area contributed by atoms with Crippen LogP contribution in [0.2, 0.25) is 0 Å². The highest BCUT2D eigenvalue weighted by molar-refractivity contribution is 6.04. The Bertz CT molecular complexity index is 1340. The number of benzene rings is 2. The summed E-state index contributed by atoms with van der Waals surface area (Å²) >= 11 is 0. The second-order valence-electron chi connectivity index (χ2n) is 8.63. The number of Topliss-reactive ketones (excluding diaryl/α,β-unsaturated/α-hetero) is 1. The number of ketones is 1. The Morgan fingerprint density at radius 2 is 1.59 bits per heavy atom. The minimum Gasteiger partial charge on any atom is -0.340 e. The number of nitrogens with zero attached hydrogens (tertiary/aromatic N) is 2. The highest BCUT2D eigenvalue weighted by Crippen LogP contribution is 2.23. The van der Waals surface area contributed by atoms with E-state index in [9.17, 15) is 24.0 Å². The molecular weight excluding hydrogens is 434 g/mol. The monoisotopic (exact) mass is 461 g/mol. The van der Waals surface area contributed by atoms with Crippen molar-refractivity contribution < 1.29 is 19.2 Å². The Morgan fingerprint density at radius 1 is 0.882 bits per heavy atom. The summed E-state index contributed by atoms with van der Waals surface area (Å²) in [6.45, 7) is 1.96. The lowest BCUT2D eigenvalue weighted by Gasteiger charge is -2.16. The van der Waals surface area contributed by atoms with Crippen molar-refractivity contribution in [2.45, 2.75) is 52.0 Å². The molecule has 1 aromatic heterocycles.